The largest absolute Gasteiger partial charge is 0.434 e. The van der Waals surface area contributed by atoms with Gasteiger partial charge in [-0.05, 0) is 19.0 Å². The number of hydrogen-bond donors (Lipinski definition) is 3. The minimum atomic E-state index is -2.98. The van der Waals surface area contributed by atoms with Crippen molar-refractivity contribution in [1.29, 1.82) is 0 Å². The fraction of sp³-hybridized carbons (Fsp3) is 0.455. The predicted molar refractivity (Wildman–Crippen MR) is 57.7 cm³/mol. The minimum Gasteiger partial charge on any atom is -0.434 e. The van der Waals surface area contributed by atoms with Crippen LogP contribution in [0.25, 0.3) is 0 Å². The summed E-state index contributed by atoms with van der Waals surface area (Å²) in [7, 11) is 0. The summed E-state index contributed by atoms with van der Waals surface area (Å²) in [4.78, 5) is 0. The fourth-order valence-corrected chi connectivity index (χ4v) is 1.46. The van der Waals surface area contributed by atoms with Crippen LogP contribution in [0.4, 0.5) is 8.78 Å². The Morgan fingerprint density at radius 3 is 2.47 bits per heavy atom. The molecule has 0 bridgehead atoms. The van der Waals surface area contributed by atoms with Crippen molar-refractivity contribution in [2.24, 2.45) is 5.73 Å². The average molecular weight is 247 g/mol. The number of ether oxygens (including phenoxy) is 1. The van der Waals surface area contributed by atoms with E-state index in [0.29, 0.717) is 0 Å². The van der Waals surface area contributed by atoms with Crippen LogP contribution in [0.3, 0.4) is 0 Å². The molecule has 0 saturated heterocycles. The average Bonchev–Trinajstić information content (AvgIpc) is 2.28. The van der Waals surface area contributed by atoms with E-state index >= 15 is 0 Å². The van der Waals surface area contributed by atoms with Crippen LogP contribution in [0, 0.1) is 0 Å². The zero-order chi connectivity index (χ0) is 12.8. The molecule has 0 spiro atoms. The summed E-state index contributed by atoms with van der Waals surface area (Å²) in [6, 6.07) is 5.79. The molecule has 1 aromatic rings. The molecule has 2 unspecified atom stereocenters. The zero-order valence-corrected chi connectivity index (χ0v) is 9.09. The van der Waals surface area contributed by atoms with Crippen LogP contribution >= 0.6 is 0 Å². The molecular weight excluding hydrogens is 232 g/mol. The molecule has 0 fully saturated rings. The van der Waals surface area contributed by atoms with Gasteiger partial charge >= 0.3 is 6.61 Å². The van der Waals surface area contributed by atoms with Gasteiger partial charge in [-0.2, -0.15) is 8.78 Å². The van der Waals surface area contributed by atoms with Crippen molar-refractivity contribution in [2.45, 2.75) is 25.2 Å². The lowest BCUT2D eigenvalue weighted by Gasteiger charge is -2.20. The second kappa shape index (κ2) is 6.48. The van der Waals surface area contributed by atoms with E-state index in [2.05, 4.69) is 4.74 Å². The summed E-state index contributed by atoms with van der Waals surface area (Å²) in [6.45, 7) is -2.79. The van der Waals surface area contributed by atoms with Crippen molar-refractivity contribution in [3.63, 3.8) is 0 Å². The summed E-state index contributed by atoms with van der Waals surface area (Å²) in [6.07, 6.45) is -2.24. The Morgan fingerprint density at radius 2 is 1.88 bits per heavy atom. The Bertz CT molecular complexity index is 349. The highest BCUT2D eigenvalue weighted by molar-refractivity contribution is 5.35. The van der Waals surface area contributed by atoms with Gasteiger partial charge in [-0.1, -0.05) is 18.2 Å². The molecule has 1 aromatic carbocycles. The van der Waals surface area contributed by atoms with Crippen LogP contribution in [0.5, 0.6) is 5.75 Å². The van der Waals surface area contributed by atoms with Gasteiger partial charge in [-0.15, -0.1) is 0 Å². The van der Waals surface area contributed by atoms with Gasteiger partial charge in [0.15, 0.2) is 0 Å². The first kappa shape index (κ1) is 13.8. The highest BCUT2D eigenvalue weighted by Gasteiger charge is 2.22. The maximum Gasteiger partial charge on any atom is 0.387 e. The summed E-state index contributed by atoms with van der Waals surface area (Å²) < 4.78 is 28.5. The normalized spacial score (nSPS) is 14.7. The molecule has 0 saturated carbocycles. The van der Waals surface area contributed by atoms with Crippen LogP contribution in [-0.2, 0) is 0 Å². The van der Waals surface area contributed by atoms with Crippen molar-refractivity contribution < 1.29 is 23.7 Å². The van der Waals surface area contributed by atoms with Gasteiger partial charge in [-0.25, -0.2) is 0 Å². The number of benzene rings is 1. The summed E-state index contributed by atoms with van der Waals surface area (Å²) in [5.74, 6) is -0.147. The molecule has 0 aliphatic carbocycles. The first-order valence-electron chi connectivity index (χ1n) is 5.16. The van der Waals surface area contributed by atoms with E-state index in [4.69, 9.17) is 5.73 Å². The van der Waals surface area contributed by atoms with E-state index in [1.807, 2.05) is 0 Å². The van der Waals surface area contributed by atoms with Gasteiger partial charge < -0.3 is 20.7 Å². The monoisotopic (exact) mass is 247 g/mol. The van der Waals surface area contributed by atoms with Crippen LogP contribution in [-0.4, -0.2) is 29.5 Å². The van der Waals surface area contributed by atoms with Crippen LogP contribution in [0.2, 0.25) is 0 Å². The fourth-order valence-electron chi connectivity index (χ4n) is 1.46. The van der Waals surface area contributed by atoms with E-state index in [-0.39, 0.29) is 24.3 Å². The van der Waals surface area contributed by atoms with Gasteiger partial charge in [0.25, 0.3) is 0 Å². The molecule has 4 nitrogen and oxygen atoms in total. The van der Waals surface area contributed by atoms with Crippen molar-refractivity contribution in [2.75, 3.05) is 6.54 Å². The topological polar surface area (TPSA) is 75.7 Å². The molecule has 1 rings (SSSR count). The third-order valence-corrected chi connectivity index (χ3v) is 2.28. The molecule has 0 aromatic heterocycles. The molecule has 96 valence electrons. The maximum atomic E-state index is 12.1. The van der Waals surface area contributed by atoms with E-state index in [1.165, 1.54) is 18.2 Å². The van der Waals surface area contributed by atoms with E-state index in [0.717, 1.165) is 0 Å². The predicted octanol–water partition coefficient (Wildman–Crippen LogP) is 1.03. The minimum absolute atomic E-state index is 0.119. The second-order valence-electron chi connectivity index (χ2n) is 3.51. The first-order chi connectivity index (χ1) is 8.06. The molecule has 0 heterocycles. The van der Waals surface area contributed by atoms with Crippen molar-refractivity contribution in [3.8, 4) is 5.75 Å². The number of para-hydroxylation sites is 1. The molecule has 0 amide bonds. The van der Waals surface area contributed by atoms with E-state index < -0.39 is 18.8 Å². The Labute approximate surface area is 97.6 Å². The van der Waals surface area contributed by atoms with Crippen molar-refractivity contribution in [3.05, 3.63) is 29.8 Å². The number of rotatable bonds is 6. The van der Waals surface area contributed by atoms with Gasteiger partial charge in [-0.3, -0.25) is 0 Å². The van der Waals surface area contributed by atoms with Gasteiger partial charge in [0.05, 0.1) is 6.10 Å². The van der Waals surface area contributed by atoms with Crippen molar-refractivity contribution in [1.82, 2.24) is 0 Å². The Balaban J connectivity index is 2.88. The summed E-state index contributed by atoms with van der Waals surface area (Å²) in [5.41, 5.74) is 5.36. The number of hydrogen-bond acceptors (Lipinski definition) is 4. The Hall–Kier alpha value is -1.24. The number of aliphatic hydroxyl groups excluding tert-OH is 2. The Morgan fingerprint density at radius 1 is 1.24 bits per heavy atom. The molecule has 2 atom stereocenters. The van der Waals surface area contributed by atoms with Crippen LogP contribution in [0.15, 0.2) is 24.3 Å². The number of aliphatic hydroxyl groups is 2. The molecule has 0 radical (unpaired) electrons. The third-order valence-electron chi connectivity index (χ3n) is 2.28. The quantitative estimate of drug-likeness (QED) is 0.701. The van der Waals surface area contributed by atoms with E-state index in [1.54, 1.807) is 6.07 Å². The van der Waals surface area contributed by atoms with Gasteiger partial charge in [0.1, 0.15) is 11.9 Å². The third kappa shape index (κ3) is 3.92. The number of alkyl halides is 2. The highest BCUT2D eigenvalue weighted by atomic mass is 19.3. The van der Waals surface area contributed by atoms with E-state index in [9.17, 15) is 19.0 Å². The SMILES string of the molecule is NCCC(O)C(O)c1ccccc1OC(F)F. The lowest BCUT2D eigenvalue weighted by Crippen LogP contribution is -2.22. The highest BCUT2D eigenvalue weighted by Crippen LogP contribution is 2.29. The molecule has 4 N–H and O–H groups in total. The second-order valence-corrected chi connectivity index (χ2v) is 3.51. The Kier molecular flexibility index (Phi) is 5.27. The van der Waals surface area contributed by atoms with Crippen LogP contribution in [0.1, 0.15) is 18.1 Å². The van der Waals surface area contributed by atoms with Crippen LogP contribution < -0.4 is 10.5 Å². The molecule has 17 heavy (non-hydrogen) atoms. The lowest BCUT2D eigenvalue weighted by molar-refractivity contribution is -0.0540. The summed E-state index contributed by atoms with van der Waals surface area (Å²) >= 11 is 0. The smallest absolute Gasteiger partial charge is 0.387 e. The van der Waals surface area contributed by atoms with Gasteiger partial charge in [0, 0.05) is 5.56 Å². The first-order valence-corrected chi connectivity index (χ1v) is 5.16. The molecule has 6 heteroatoms. The lowest BCUT2D eigenvalue weighted by atomic mass is 10.0. The summed E-state index contributed by atoms with van der Waals surface area (Å²) in [5, 5.41) is 19.3. The number of halogens is 2. The standard InChI is InChI=1S/C11H15F2NO3/c12-11(13)17-9-4-2-1-3-7(9)10(16)8(15)5-6-14/h1-4,8,10-11,15-16H,5-6,14H2. The van der Waals surface area contributed by atoms with Crippen molar-refractivity contribution >= 4 is 0 Å². The molecule has 0 aliphatic heterocycles. The molecule has 0 aliphatic rings. The zero-order valence-electron chi connectivity index (χ0n) is 9.09. The number of nitrogens with two attached hydrogens (primary N) is 1. The maximum absolute atomic E-state index is 12.1. The molecular formula is C11H15F2NO3. The van der Waals surface area contributed by atoms with Gasteiger partial charge in [0.2, 0.25) is 0 Å².